The molecule has 176 valence electrons. The maximum absolute atomic E-state index is 12.4. The fourth-order valence-corrected chi connectivity index (χ4v) is 12.0. The van der Waals surface area contributed by atoms with Crippen LogP contribution in [0.15, 0.2) is 24.3 Å². The number of rotatable bonds is 16. The molecule has 8 nitrogen and oxygen atoms in total. The predicted octanol–water partition coefficient (Wildman–Crippen LogP) is 4.13. The van der Waals surface area contributed by atoms with Gasteiger partial charge in [0.1, 0.15) is 0 Å². The zero-order valence-corrected chi connectivity index (χ0v) is 22.0. The predicted molar refractivity (Wildman–Crippen MR) is 118 cm³/mol. The summed E-state index contributed by atoms with van der Waals surface area (Å²) in [4.78, 5) is 47.9. The summed E-state index contributed by atoms with van der Waals surface area (Å²) in [7, 11) is 0. The third-order valence-electron chi connectivity index (χ3n) is 4.00. The van der Waals surface area contributed by atoms with Crippen LogP contribution in [-0.4, -0.2) is 56.3 Å². The molecule has 0 amide bonds. The molecule has 0 aliphatic carbocycles. The molecule has 0 rings (SSSR count). The molecule has 9 heteroatoms. The van der Waals surface area contributed by atoms with Crippen LogP contribution >= 0.6 is 0 Å². The summed E-state index contributed by atoms with van der Waals surface area (Å²) >= 11 is -4.17. The number of hydrogen-bond donors (Lipinski definition) is 0. The molecule has 0 aromatic carbocycles. The van der Waals surface area contributed by atoms with E-state index in [1.165, 1.54) is 0 Å². The topological polar surface area (TPSA) is 105 Å². The Bertz CT molecular complexity index is 573. The fourth-order valence-electron chi connectivity index (χ4n) is 2.45. The van der Waals surface area contributed by atoms with Gasteiger partial charge in [-0.25, -0.2) is 0 Å². The van der Waals surface area contributed by atoms with E-state index in [4.69, 9.17) is 15.6 Å². The molecule has 0 aliphatic heterocycles. The summed E-state index contributed by atoms with van der Waals surface area (Å²) in [6, 6.07) is 0. The second-order valence-corrected chi connectivity index (χ2v) is 16.2. The standard InChI is InChI=1S/2C7H10O4.2C4H9.Sn/c2*1-2-5-11-7(10)4-3-6(8)9;2*1-3-4-2;/h2*3-4H,2,5H2,1H3,(H,8,9);2*1,3-4H2,2H3;/q;;;;+2/p-2. The van der Waals surface area contributed by atoms with Gasteiger partial charge < -0.3 is 0 Å². The van der Waals surface area contributed by atoms with Gasteiger partial charge in [0.05, 0.1) is 0 Å². The Kier molecular flexibility index (Phi) is 16.7. The molecule has 31 heavy (non-hydrogen) atoms. The van der Waals surface area contributed by atoms with Gasteiger partial charge >= 0.3 is 190 Å². The van der Waals surface area contributed by atoms with Crippen molar-refractivity contribution in [2.75, 3.05) is 13.2 Å². The van der Waals surface area contributed by atoms with E-state index in [0.29, 0.717) is 21.7 Å². The number of carbonyl (C=O) groups is 4. The molecule has 0 saturated heterocycles. The van der Waals surface area contributed by atoms with Crippen LogP contribution in [0.1, 0.15) is 66.2 Å². The molecule has 0 atom stereocenters. The Hall–Kier alpha value is -1.84. The van der Waals surface area contributed by atoms with Gasteiger partial charge in [0.25, 0.3) is 0 Å². The van der Waals surface area contributed by atoms with E-state index in [1.54, 1.807) is 0 Å². The van der Waals surface area contributed by atoms with Gasteiger partial charge in [-0.3, -0.25) is 0 Å². The van der Waals surface area contributed by atoms with Gasteiger partial charge in [0.15, 0.2) is 0 Å². The van der Waals surface area contributed by atoms with Crippen LogP contribution < -0.4 is 0 Å². The Morgan fingerprint density at radius 2 is 0.935 bits per heavy atom. The van der Waals surface area contributed by atoms with Crippen LogP contribution in [0.25, 0.3) is 0 Å². The van der Waals surface area contributed by atoms with Crippen LogP contribution in [0.3, 0.4) is 0 Å². The third kappa shape index (κ3) is 14.7. The van der Waals surface area contributed by atoms with Crippen LogP contribution in [0, 0.1) is 0 Å². The molecular weight excluding hydrogens is 511 g/mol. The van der Waals surface area contributed by atoms with E-state index >= 15 is 0 Å². The van der Waals surface area contributed by atoms with E-state index in [0.717, 1.165) is 50.0 Å². The zero-order valence-electron chi connectivity index (χ0n) is 19.1. The first-order chi connectivity index (χ1) is 14.8. The molecule has 0 aromatic rings. The van der Waals surface area contributed by atoms with Crippen LogP contribution in [-0.2, 0) is 34.8 Å². The molecule has 0 aromatic heterocycles. The summed E-state index contributed by atoms with van der Waals surface area (Å²) in [5, 5.41) is 0. The summed E-state index contributed by atoms with van der Waals surface area (Å²) in [5.41, 5.74) is 0. The Balaban J connectivity index is 5.33. The summed E-state index contributed by atoms with van der Waals surface area (Å²) < 4.78 is 22.2. The first kappa shape index (κ1) is 29.2. The molecule has 0 aliphatic rings. The van der Waals surface area contributed by atoms with Crippen molar-refractivity contribution < 1.29 is 34.8 Å². The molecule has 0 spiro atoms. The SMILES string of the molecule is CCC[CH2][Sn]([CH2]CCC)([O]C(=O)C=CC(=O)OCCC)[O]C(=O)C=CC(=O)OCCC. The van der Waals surface area contributed by atoms with Crippen LogP contribution in [0.2, 0.25) is 8.87 Å². The number of ether oxygens (including phenoxy) is 2. The van der Waals surface area contributed by atoms with E-state index in [2.05, 4.69) is 0 Å². The molecule has 0 unspecified atom stereocenters. The van der Waals surface area contributed by atoms with E-state index < -0.39 is 43.1 Å². The molecule has 0 saturated carbocycles. The Morgan fingerprint density at radius 3 is 1.26 bits per heavy atom. The van der Waals surface area contributed by atoms with Crippen molar-refractivity contribution in [3.05, 3.63) is 24.3 Å². The van der Waals surface area contributed by atoms with Crippen molar-refractivity contribution in [2.24, 2.45) is 0 Å². The second-order valence-electron chi connectivity index (χ2n) is 6.96. The average molecular weight is 547 g/mol. The van der Waals surface area contributed by atoms with Gasteiger partial charge in [-0.1, -0.05) is 0 Å². The average Bonchev–Trinajstić information content (AvgIpc) is 2.75. The number of esters is 2. The van der Waals surface area contributed by atoms with E-state index in [1.807, 2.05) is 27.7 Å². The van der Waals surface area contributed by atoms with Crippen LogP contribution in [0.4, 0.5) is 0 Å². The molecular formula is C22H36O8Sn. The van der Waals surface area contributed by atoms with Gasteiger partial charge in [-0.15, -0.1) is 0 Å². The molecule has 0 radical (unpaired) electrons. The molecule has 0 N–H and O–H groups in total. The minimum atomic E-state index is -4.17. The van der Waals surface area contributed by atoms with Crippen LogP contribution in [0.5, 0.6) is 0 Å². The second kappa shape index (κ2) is 17.8. The van der Waals surface area contributed by atoms with Crippen molar-refractivity contribution in [2.45, 2.75) is 75.1 Å². The number of unbranched alkanes of at least 4 members (excludes halogenated alkanes) is 2. The summed E-state index contributed by atoms with van der Waals surface area (Å²) in [6.45, 7) is 8.24. The summed E-state index contributed by atoms with van der Waals surface area (Å²) in [5.74, 6) is -2.72. The van der Waals surface area contributed by atoms with Crippen molar-refractivity contribution in [3.63, 3.8) is 0 Å². The van der Waals surface area contributed by atoms with Gasteiger partial charge in [0.2, 0.25) is 0 Å². The van der Waals surface area contributed by atoms with E-state index in [9.17, 15) is 19.2 Å². The van der Waals surface area contributed by atoms with Crippen molar-refractivity contribution in [1.29, 1.82) is 0 Å². The molecule has 0 heterocycles. The molecule has 0 bridgehead atoms. The zero-order chi connectivity index (χ0) is 23.5. The monoisotopic (exact) mass is 548 g/mol. The molecule has 0 fully saturated rings. The quantitative estimate of drug-likeness (QED) is 0.161. The van der Waals surface area contributed by atoms with E-state index in [-0.39, 0.29) is 13.2 Å². The van der Waals surface area contributed by atoms with Gasteiger partial charge in [-0.2, -0.15) is 0 Å². The van der Waals surface area contributed by atoms with Crippen molar-refractivity contribution >= 4 is 43.1 Å². The summed E-state index contributed by atoms with van der Waals surface area (Å²) in [6.07, 6.45) is 8.56. The number of carbonyl (C=O) groups excluding carboxylic acids is 4. The number of hydrogen-bond acceptors (Lipinski definition) is 8. The van der Waals surface area contributed by atoms with Crippen molar-refractivity contribution in [1.82, 2.24) is 0 Å². The first-order valence-electron chi connectivity index (χ1n) is 11.0. The first-order valence-corrected chi connectivity index (χ1v) is 17.3. The van der Waals surface area contributed by atoms with Crippen molar-refractivity contribution in [3.8, 4) is 0 Å². The van der Waals surface area contributed by atoms with Gasteiger partial charge in [-0.05, 0) is 0 Å². The normalized spacial score (nSPS) is 11.5. The maximum atomic E-state index is 12.4. The minimum absolute atomic E-state index is 0.263. The third-order valence-corrected chi connectivity index (χ3v) is 13.6. The Labute approximate surface area is 190 Å². The Morgan fingerprint density at radius 1 is 0.581 bits per heavy atom. The fraction of sp³-hybridized carbons (Fsp3) is 0.636. The van der Waals surface area contributed by atoms with Gasteiger partial charge in [0, 0.05) is 0 Å².